The number of nitrogens with zero attached hydrogens (tertiary/aromatic N) is 2. The molecule has 0 saturated heterocycles. The summed E-state index contributed by atoms with van der Waals surface area (Å²) in [4.78, 5) is 11.9. The van der Waals surface area contributed by atoms with Gasteiger partial charge in [0.15, 0.2) is 5.69 Å². The predicted molar refractivity (Wildman–Crippen MR) is 98.4 cm³/mol. The number of halogens is 4. The van der Waals surface area contributed by atoms with Gasteiger partial charge in [-0.15, -0.1) is 0 Å². The second kappa shape index (κ2) is 8.04. The lowest BCUT2D eigenvalue weighted by Crippen LogP contribution is -2.26. The van der Waals surface area contributed by atoms with E-state index in [-0.39, 0.29) is 23.9 Å². The number of rotatable bonds is 5. The van der Waals surface area contributed by atoms with Crippen LogP contribution in [0, 0.1) is 0 Å². The number of carbonyl (C=O) groups excluding carboxylic acids is 1. The van der Waals surface area contributed by atoms with Crippen molar-refractivity contribution in [3.63, 3.8) is 0 Å². The molecule has 0 bridgehead atoms. The van der Waals surface area contributed by atoms with Gasteiger partial charge < -0.3 is 10.4 Å². The highest BCUT2D eigenvalue weighted by molar-refractivity contribution is 6.32. The van der Waals surface area contributed by atoms with E-state index < -0.39 is 17.8 Å². The van der Waals surface area contributed by atoms with E-state index >= 15 is 0 Å². The lowest BCUT2D eigenvalue weighted by atomic mass is 10.1. The summed E-state index contributed by atoms with van der Waals surface area (Å²) in [5.41, 5.74) is 0.188. The molecule has 2 N–H and O–H groups in total. The molecule has 5 nitrogen and oxygen atoms in total. The van der Waals surface area contributed by atoms with Crippen molar-refractivity contribution in [1.29, 1.82) is 0 Å². The van der Waals surface area contributed by atoms with Crippen molar-refractivity contribution in [2.24, 2.45) is 0 Å². The Morgan fingerprint density at radius 3 is 2.43 bits per heavy atom. The molecule has 1 amide bonds. The van der Waals surface area contributed by atoms with Gasteiger partial charge in [-0.1, -0.05) is 35.9 Å². The van der Waals surface area contributed by atoms with Crippen LogP contribution in [0.25, 0.3) is 16.9 Å². The fraction of sp³-hybridized carbons (Fsp3) is 0.158. The van der Waals surface area contributed by atoms with Crippen LogP contribution in [0.3, 0.4) is 0 Å². The lowest BCUT2D eigenvalue weighted by Gasteiger charge is -2.10. The predicted octanol–water partition coefficient (Wildman–Crippen LogP) is 3.93. The van der Waals surface area contributed by atoms with Crippen LogP contribution in [0.1, 0.15) is 16.1 Å². The third kappa shape index (κ3) is 4.18. The van der Waals surface area contributed by atoms with Crippen LogP contribution in [-0.2, 0) is 6.18 Å². The number of amides is 1. The van der Waals surface area contributed by atoms with Crippen LogP contribution >= 0.6 is 11.6 Å². The molecular formula is C19H15ClF3N3O2. The molecule has 0 radical (unpaired) electrons. The Morgan fingerprint density at radius 1 is 1.14 bits per heavy atom. The maximum atomic E-state index is 13.2. The number of aliphatic hydroxyl groups is 1. The standard InChI is InChI=1S/C19H15ClF3N3O2/c20-14-3-1-2-4-15(14)26-16(11-17(25-26)19(21,22)23)12-5-7-13(8-6-12)18(28)24-9-10-27/h1-8,11,27H,9-10H2,(H,24,28). The number of nitrogens with one attached hydrogen (secondary N) is 1. The van der Waals surface area contributed by atoms with E-state index in [0.29, 0.717) is 16.8 Å². The number of benzene rings is 2. The van der Waals surface area contributed by atoms with Gasteiger partial charge in [0.1, 0.15) is 0 Å². The molecule has 1 aromatic heterocycles. The molecule has 0 aliphatic carbocycles. The van der Waals surface area contributed by atoms with E-state index in [1.165, 1.54) is 24.3 Å². The fourth-order valence-corrected chi connectivity index (χ4v) is 2.81. The minimum Gasteiger partial charge on any atom is -0.395 e. The molecule has 3 aromatic rings. The van der Waals surface area contributed by atoms with Crippen LogP contribution < -0.4 is 5.32 Å². The van der Waals surface area contributed by atoms with Gasteiger partial charge in [0.05, 0.1) is 23.0 Å². The SMILES string of the molecule is O=C(NCCO)c1ccc(-c2cc(C(F)(F)F)nn2-c2ccccc2Cl)cc1. The molecule has 0 aliphatic heterocycles. The molecule has 1 heterocycles. The number of hydrogen-bond donors (Lipinski definition) is 2. The molecule has 28 heavy (non-hydrogen) atoms. The van der Waals surface area contributed by atoms with Crippen molar-refractivity contribution in [2.75, 3.05) is 13.2 Å². The van der Waals surface area contributed by atoms with Crippen molar-refractivity contribution in [1.82, 2.24) is 15.1 Å². The van der Waals surface area contributed by atoms with E-state index in [1.54, 1.807) is 24.3 Å². The quantitative estimate of drug-likeness (QED) is 0.671. The van der Waals surface area contributed by atoms with Gasteiger partial charge in [-0.05, 0) is 30.3 Å². The van der Waals surface area contributed by atoms with Crippen LogP contribution in [0.15, 0.2) is 54.6 Å². The Kier molecular flexibility index (Phi) is 5.71. The molecule has 0 unspecified atom stereocenters. The summed E-state index contributed by atoms with van der Waals surface area (Å²) >= 11 is 6.14. The molecular weight excluding hydrogens is 395 g/mol. The third-order valence-corrected chi connectivity index (χ3v) is 4.24. The number of aliphatic hydroxyl groups excluding tert-OH is 1. The third-order valence-electron chi connectivity index (χ3n) is 3.92. The van der Waals surface area contributed by atoms with E-state index in [1.807, 2.05) is 0 Å². The zero-order valence-corrected chi connectivity index (χ0v) is 15.1. The van der Waals surface area contributed by atoms with Gasteiger partial charge in [0.25, 0.3) is 5.91 Å². The van der Waals surface area contributed by atoms with Crippen molar-refractivity contribution >= 4 is 17.5 Å². The largest absolute Gasteiger partial charge is 0.435 e. The Hall–Kier alpha value is -2.84. The highest BCUT2D eigenvalue weighted by atomic mass is 35.5. The molecule has 0 atom stereocenters. The Balaban J connectivity index is 2.05. The molecule has 0 saturated carbocycles. The van der Waals surface area contributed by atoms with E-state index in [2.05, 4.69) is 10.4 Å². The normalized spacial score (nSPS) is 11.5. The number of aromatic nitrogens is 2. The second-order valence-corrected chi connectivity index (χ2v) is 6.24. The van der Waals surface area contributed by atoms with Gasteiger partial charge in [-0.25, -0.2) is 4.68 Å². The summed E-state index contributed by atoms with van der Waals surface area (Å²) in [6.07, 6.45) is -4.62. The van der Waals surface area contributed by atoms with Crippen LogP contribution in [0.2, 0.25) is 5.02 Å². The first-order valence-electron chi connectivity index (χ1n) is 8.23. The second-order valence-electron chi connectivity index (χ2n) is 5.83. The summed E-state index contributed by atoms with van der Waals surface area (Å²) in [6, 6.07) is 13.4. The maximum Gasteiger partial charge on any atom is 0.435 e. The highest BCUT2D eigenvalue weighted by Gasteiger charge is 2.35. The number of alkyl halides is 3. The summed E-state index contributed by atoms with van der Waals surface area (Å²) in [5, 5.41) is 15.2. The lowest BCUT2D eigenvalue weighted by molar-refractivity contribution is -0.141. The van der Waals surface area contributed by atoms with Gasteiger partial charge in [0.2, 0.25) is 0 Å². The van der Waals surface area contributed by atoms with Crippen LogP contribution in [-0.4, -0.2) is 33.9 Å². The van der Waals surface area contributed by atoms with Crippen LogP contribution in [0.5, 0.6) is 0 Å². The molecule has 2 aromatic carbocycles. The first-order valence-corrected chi connectivity index (χ1v) is 8.60. The average molecular weight is 410 g/mol. The smallest absolute Gasteiger partial charge is 0.395 e. The minimum absolute atomic E-state index is 0.106. The summed E-state index contributed by atoms with van der Waals surface area (Å²) < 4.78 is 40.8. The zero-order valence-electron chi connectivity index (χ0n) is 14.4. The van der Waals surface area contributed by atoms with Crippen LogP contribution in [0.4, 0.5) is 13.2 Å². The molecule has 3 rings (SSSR count). The summed E-state index contributed by atoms with van der Waals surface area (Å²) in [6.45, 7) is -0.0874. The molecule has 146 valence electrons. The van der Waals surface area contributed by atoms with Crippen molar-refractivity contribution in [3.8, 4) is 16.9 Å². The summed E-state index contributed by atoms with van der Waals surface area (Å²) in [5.74, 6) is -0.392. The Morgan fingerprint density at radius 2 is 1.82 bits per heavy atom. The van der Waals surface area contributed by atoms with Crippen molar-refractivity contribution in [2.45, 2.75) is 6.18 Å². The van der Waals surface area contributed by atoms with Gasteiger partial charge >= 0.3 is 6.18 Å². The number of hydrogen-bond acceptors (Lipinski definition) is 3. The van der Waals surface area contributed by atoms with Gasteiger partial charge in [0, 0.05) is 17.7 Å². The van der Waals surface area contributed by atoms with E-state index in [4.69, 9.17) is 16.7 Å². The maximum absolute atomic E-state index is 13.2. The monoisotopic (exact) mass is 409 g/mol. The minimum atomic E-state index is -4.62. The summed E-state index contributed by atoms with van der Waals surface area (Å²) in [7, 11) is 0. The average Bonchev–Trinajstić information content (AvgIpc) is 3.12. The van der Waals surface area contributed by atoms with Crippen molar-refractivity contribution in [3.05, 3.63) is 70.9 Å². The molecule has 0 fully saturated rings. The van der Waals surface area contributed by atoms with E-state index in [9.17, 15) is 18.0 Å². The Labute approximate surface area is 163 Å². The van der Waals surface area contributed by atoms with Gasteiger partial charge in [-0.2, -0.15) is 18.3 Å². The first-order chi connectivity index (χ1) is 13.3. The topological polar surface area (TPSA) is 67.2 Å². The van der Waals surface area contributed by atoms with Gasteiger partial charge in [-0.3, -0.25) is 4.79 Å². The first kappa shape index (κ1) is 19.9. The highest BCUT2D eigenvalue weighted by Crippen LogP contribution is 2.34. The number of para-hydroxylation sites is 1. The fourth-order valence-electron chi connectivity index (χ4n) is 2.60. The Bertz CT molecular complexity index is 985. The molecule has 0 aliphatic rings. The number of carbonyl (C=O) groups is 1. The van der Waals surface area contributed by atoms with Crippen molar-refractivity contribution < 1.29 is 23.1 Å². The molecule has 0 spiro atoms. The molecule has 9 heteroatoms. The zero-order chi connectivity index (χ0) is 20.3. The van der Waals surface area contributed by atoms with E-state index in [0.717, 1.165) is 10.7 Å².